The molecule has 0 saturated heterocycles. The molecule has 1 aliphatic carbocycles. The van der Waals surface area contributed by atoms with Gasteiger partial charge in [-0.2, -0.15) is 5.10 Å². The number of amides is 1. The van der Waals surface area contributed by atoms with Gasteiger partial charge >= 0.3 is 0 Å². The Kier molecular flexibility index (Phi) is 6.86. The Bertz CT molecular complexity index is 228. The van der Waals surface area contributed by atoms with Gasteiger partial charge in [0.25, 0.3) is 0 Å². The molecule has 0 bridgehead atoms. The van der Waals surface area contributed by atoms with Crippen LogP contribution in [0.15, 0.2) is 5.10 Å². The van der Waals surface area contributed by atoms with Crippen molar-refractivity contribution >= 4 is 11.6 Å². The first kappa shape index (κ1) is 13.2. The zero-order valence-electron chi connectivity index (χ0n) is 10.4. The summed E-state index contributed by atoms with van der Waals surface area (Å²) in [5.74, 6) is 0.0779. The van der Waals surface area contributed by atoms with Gasteiger partial charge in [0.15, 0.2) is 0 Å². The van der Waals surface area contributed by atoms with E-state index in [0.717, 1.165) is 25.7 Å². The van der Waals surface area contributed by atoms with E-state index in [-0.39, 0.29) is 5.91 Å². The minimum Gasteiger partial charge on any atom is -0.273 e. The Morgan fingerprint density at radius 1 is 1.19 bits per heavy atom. The molecule has 3 nitrogen and oxygen atoms in total. The average Bonchev–Trinajstić information content (AvgIpc) is 2.33. The fourth-order valence-electron chi connectivity index (χ4n) is 1.98. The van der Waals surface area contributed by atoms with Gasteiger partial charge in [-0.05, 0) is 32.1 Å². The predicted molar refractivity (Wildman–Crippen MR) is 67.4 cm³/mol. The highest BCUT2D eigenvalue weighted by atomic mass is 16.2. The number of nitrogens with zero attached hydrogens (tertiary/aromatic N) is 1. The van der Waals surface area contributed by atoms with E-state index >= 15 is 0 Å². The van der Waals surface area contributed by atoms with Crippen LogP contribution < -0.4 is 5.43 Å². The van der Waals surface area contributed by atoms with Gasteiger partial charge in [-0.15, -0.1) is 0 Å². The zero-order chi connectivity index (χ0) is 11.6. The topological polar surface area (TPSA) is 41.5 Å². The van der Waals surface area contributed by atoms with Crippen molar-refractivity contribution in [3.8, 4) is 0 Å². The summed E-state index contributed by atoms with van der Waals surface area (Å²) in [6, 6.07) is 0. The number of unbranched alkanes of at least 4 members (excludes halogenated alkanes) is 3. The van der Waals surface area contributed by atoms with E-state index in [2.05, 4.69) is 17.5 Å². The normalized spacial score (nSPS) is 15.9. The molecule has 0 heterocycles. The van der Waals surface area contributed by atoms with Crippen LogP contribution in [0.4, 0.5) is 0 Å². The summed E-state index contributed by atoms with van der Waals surface area (Å²) in [5.41, 5.74) is 3.85. The van der Waals surface area contributed by atoms with Gasteiger partial charge in [0.2, 0.25) is 5.91 Å². The monoisotopic (exact) mass is 224 g/mol. The van der Waals surface area contributed by atoms with Crippen molar-refractivity contribution in [3.05, 3.63) is 0 Å². The molecule has 0 spiro atoms. The molecular formula is C13H24N2O. The van der Waals surface area contributed by atoms with Crippen molar-refractivity contribution in [2.75, 3.05) is 0 Å². The summed E-state index contributed by atoms with van der Waals surface area (Å²) in [6.45, 7) is 2.18. The molecule has 16 heavy (non-hydrogen) atoms. The van der Waals surface area contributed by atoms with Crippen LogP contribution in [0.1, 0.15) is 71.1 Å². The maximum atomic E-state index is 11.4. The van der Waals surface area contributed by atoms with Crippen molar-refractivity contribution < 1.29 is 4.79 Å². The van der Waals surface area contributed by atoms with Crippen molar-refractivity contribution in [1.82, 2.24) is 5.43 Å². The smallest absolute Gasteiger partial charge is 0.240 e. The van der Waals surface area contributed by atoms with Crippen LogP contribution in [0.25, 0.3) is 0 Å². The first-order chi connectivity index (χ1) is 7.83. The third kappa shape index (κ3) is 5.89. The van der Waals surface area contributed by atoms with E-state index in [1.165, 1.54) is 37.8 Å². The van der Waals surface area contributed by atoms with E-state index in [1.807, 2.05) is 0 Å². The third-order valence-electron chi connectivity index (χ3n) is 3.03. The Morgan fingerprint density at radius 2 is 1.94 bits per heavy atom. The molecule has 0 radical (unpaired) electrons. The van der Waals surface area contributed by atoms with Crippen LogP contribution in [0.2, 0.25) is 0 Å². The van der Waals surface area contributed by atoms with Crippen molar-refractivity contribution in [2.45, 2.75) is 71.1 Å². The van der Waals surface area contributed by atoms with Crippen LogP contribution in [0, 0.1) is 0 Å². The second-order valence-electron chi connectivity index (χ2n) is 4.58. The fraction of sp³-hybridized carbons (Fsp3) is 0.846. The molecule has 0 aromatic heterocycles. The molecule has 1 saturated carbocycles. The Balaban J connectivity index is 2.08. The quantitative estimate of drug-likeness (QED) is 0.545. The average molecular weight is 224 g/mol. The summed E-state index contributed by atoms with van der Waals surface area (Å²) in [7, 11) is 0. The number of hydrazone groups is 1. The molecular weight excluding hydrogens is 200 g/mol. The lowest BCUT2D eigenvalue weighted by Gasteiger charge is -2.11. The van der Waals surface area contributed by atoms with Crippen molar-refractivity contribution in [1.29, 1.82) is 0 Å². The maximum absolute atomic E-state index is 11.4. The molecule has 3 heteroatoms. The highest BCUT2D eigenvalue weighted by Crippen LogP contribution is 2.14. The third-order valence-corrected chi connectivity index (χ3v) is 3.03. The maximum Gasteiger partial charge on any atom is 0.240 e. The molecule has 0 aromatic rings. The lowest BCUT2D eigenvalue weighted by molar-refractivity contribution is -0.121. The fourth-order valence-corrected chi connectivity index (χ4v) is 1.98. The molecule has 0 atom stereocenters. The van der Waals surface area contributed by atoms with E-state index < -0.39 is 0 Å². The first-order valence-electron chi connectivity index (χ1n) is 6.67. The van der Waals surface area contributed by atoms with Gasteiger partial charge in [0, 0.05) is 12.1 Å². The van der Waals surface area contributed by atoms with Crippen molar-refractivity contribution in [3.63, 3.8) is 0 Å². The molecule has 1 rings (SSSR count). The number of carbonyl (C=O) groups excluding carboxylic acids is 1. The van der Waals surface area contributed by atoms with E-state index in [9.17, 15) is 4.79 Å². The van der Waals surface area contributed by atoms with E-state index in [1.54, 1.807) is 0 Å². The Labute approximate surface area is 98.7 Å². The largest absolute Gasteiger partial charge is 0.273 e. The lowest BCUT2D eigenvalue weighted by Crippen LogP contribution is -2.20. The number of rotatable bonds is 6. The lowest BCUT2D eigenvalue weighted by atomic mass is 9.99. The molecule has 0 aliphatic heterocycles. The highest BCUT2D eigenvalue weighted by Gasteiger charge is 2.07. The number of hydrogen-bond donors (Lipinski definition) is 1. The predicted octanol–water partition coefficient (Wildman–Crippen LogP) is 3.39. The van der Waals surface area contributed by atoms with E-state index in [0.29, 0.717) is 6.42 Å². The number of carbonyl (C=O) groups is 1. The zero-order valence-corrected chi connectivity index (χ0v) is 10.4. The van der Waals surface area contributed by atoms with Gasteiger partial charge in [-0.3, -0.25) is 4.79 Å². The highest BCUT2D eigenvalue weighted by molar-refractivity contribution is 5.86. The molecule has 1 fully saturated rings. The SMILES string of the molecule is CCCCCCC(=O)NN=C1CCCCC1. The number of hydrogen-bond acceptors (Lipinski definition) is 2. The molecule has 1 amide bonds. The molecule has 92 valence electrons. The summed E-state index contributed by atoms with van der Waals surface area (Å²) in [5, 5.41) is 4.20. The minimum absolute atomic E-state index is 0.0779. The Hall–Kier alpha value is -0.860. The van der Waals surface area contributed by atoms with Gasteiger partial charge in [-0.1, -0.05) is 32.6 Å². The number of nitrogens with one attached hydrogen (secondary N) is 1. The summed E-state index contributed by atoms with van der Waals surface area (Å²) >= 11 is 0. The van der Waals surface area contributed by atoms with Crippen LogP contribution in [0.5, 0.6) is 0 Å². The standard InChI is InChI=1S/C13H24N2O/c1-2-3-4-8-11-13(16)15-14-12-9-6-5-7-10-12/h2-11H2,1H3,(H,15,16). The molecule has 0 unspecified atom stereocenters. The minimum atomic E-state index is 0.0779. The summed E-state index contributed by atoms with van der Waals surface area (Å²) in [6.07, 6.45) is 11.1. The van der Waals surface area contributed by atoms with Crippen LogP contribution in [-0.4, -0.2) is 11.6 Å². The van der Waals surface area contributed by atoms with E-state index in [4.69, 9.17) is 0 Å². The summed E-state index contributed by atoms with van der Waals surface area (Å²) < 4.78 is 0. The second-order valence-corrected chi connectivity index (χ2v) is 4.58. The van der Waals surface area contributed by atoms with Gasteiger partial charge < -0.3 is 0 Å². The Morgan fingerprint density at radius 3 is 2.62 bits per heavy atom. The van der Waals surface area contributed by atoms with Gasteiger partial charge in [-0.25, -0.2) is 5.43 Å². The molecule has 0 aromatic carbocycles. The second kappa shape index (κ2) is 8.31. The van der Waals surface area contributed by atoms with Crippen LogP contribution in [0.3, 0.4) is 0 Å². The molecule has 1 aliphatic rings. The van der Waals surface area contributed by atoms with Gasteiger partial charge in [0.1, 0.15) is 0 Å². The van der Waals surface area contributed by atoms with Crippen LogP contribution in [-0.2, 0) is 4.79 Å². The van der Waals surface area contributed by atoms with Crippen molar-refractivity contribution in [2.24, 2.45) is 5.10 Å². The van der Waals surface area contributed by atoms with Gasteiger partial charge in [0.05, 0.1) is 0 Å². The first-order valence-corrected chi connectivity index (χ1v) is 6.67. The van der Waals surface area contributed by atoms with Crippen LogP contribution >= 0.6 is 0 Å². The molecule has 1 N–H and O–H groups in total. The summed E-state index contributed by atoms with van der Waals surface area (Å²) in [4.78, 5) is 11.4.